The van der Waals surface area contributed by atoms with Gasteiger partial charge >= 0.3 is 0 Å². The van der Waals surface area contributed by atoms with Crippen LogP contribution in [0.3, 0.4) is 0 Å². The van der Waals surface area contributed by atoms with E-state index in [1.165, 1.54) is 12.4 Å². The van der Waals surface area contributed by atoms with Crippen molar-refractivity contribution in [3.05, 3.63) is 76.6 Å². The van der Waals surface area contributed by atoms with Gasteiger partial charge in [-0.2, -0.15) is 0 Å². The molecule has 0 aliphatic rings. The number of anilines is 3. The first-order chi connectivity index (χ1) is 12.0. The fraction of sp³-hybridized carbons (Fsp3) is 0.105. The second-order valence-electron chi connectivity index (χ2n) is 5.67. The molecule has 0 aliphatic heterocycles. The number of carbonyl (C=O) groups is 1. The predicted molar refractivity (Wildman–Crippen MR) is 101 cm³/mol. The number of aryl methyl sites for hydroxylation is 2. The number of rotatable bonds is 4. The molecule has 1 heterocycles. The van der Waals surface area contributed by atoms with Crippen molar-refractivity contribution in [3.63, 3.8) is 0 Å². The van der Waals surface area contributed by atoms with E-state index in [0.717, 1.165) is 16.8 Å². The lowest BCUT2D eigenvalue weighted by atomic mass is 10.1. The average Bonchev–Trinajstić information content (AvgIpc) is 2.61. The summed E-state index contributed by atoms with van der Waals surface area (Å²) in [4.78, 5) is 20.7. The SMILES string of the molecule is Cc1ccc(C)c(NC(=O)c2cnc(Nc3ccccc3Cl)nc2)c1. The number of amides is 1. The van der Waals surface area contributed by atoms with Crippen LogP contribution in [0.25, 0.3) is 0 Å². The zero-order valence-corrected chi connectivity index (χ0v) is 14.6. The summed E-state index contributed by atoms with van der Waals surface area (Å²) in [6.07, 6.45) is 2.96. The molecule has 0 unspecified atom stereocenters. The minimum Gasteiger partial charge on any atom is -0.323 e. The van der Waals surface area contributed by atoms with Crippen molar-refractivity contribution < 1.29 is 4.79 Å². The fourth-order valence-electron chi connectivity index (χ4n) is 2.26. The van der Waals surface area contributed by atoms with E-state index >= 15 is 0 Å². The number of aromatic nitrogens is 2. The molecule has 0 saturated heterocycles. The highest BCUT2D eigenvalue weighted by Crippen LogP contribution is 2.23. The van der Waals surface area contributed by atoms with E-state index in [9.17, 15) is 4.79 Å². The van der Waals surface area contributed by atoms with Crippen molar-refractivity contribution in [2.75, 3.05) is 10.6 Å². The van der Waals surface area contributed by atoms with Crippen molar-refractivity contribution >= 4 is 34.8 Å². The summed E-state index contributed by atoms with van der Waals surface area (Å²) in [5.74, 6) is 0.120. The molecule has 0 radical (unpaired) electrons. The molecule has 0 aliphatic carbocycles. The number of benzene rings is 2. The minimum absolute atomic E-state index is 0.252. The van der Waals surface area contributed by atoms with Crippen LogP contribution in [0.1, 0.15) is 21.5 Å². The highest BCUT2D eigenvalue weighted by atomic mass is 35.5. The Bertz CT molecular complexity index is 910. The van der Waals surface area contributed by atoms with E-state index in [4.69, 9.17) is 11.6 Å². The van der Waals surface area contributed by atoms with Gasteiger partial charge in [-0.1, -0.05) is 35.9 Å². The van der Waals surface area contributed by atoms with Crippen LogP contribution in [0.15, 0.2) is 54.9 Å². The first-order valence-corrected chi connectivity index (χ1v) is 8.13. The molecule has 5 nitrogen and oxygen atoms in total. The van der Waals surface area contributed by atoms with Gasteiger partial charge in [0, 0.05) is 18.1 Å². The molecule has 0 fully saturated rings. The first kappa shape index (κ1) is 16.9. The number of nitrogens with zero attached hydrogens (tertiary/aromatic N) is 2. The van der Waals surface area contributed by atoms with Gasteiger partial charge < -0.3 is 10.6 Å². The fourth-order valence-corrected chi connectivity index (χ4v) is 2.44. The van der Waals surface area contributed by atoms with E-state index in [1.807, 2.05) is 50.2 Å². The highest BCUT2D eigenvalue weighted by molar-refractivity contribution is 6.33. The van der Waals surface area contributed by atoms with Gasteiger partial charge in [-0.25, -0.2) is 9.97 Å². The molecule has 0 bridgehead atoms. The van der Waals surface area contributed by atoms with Crippen LogP contribution in [-0.2, 0) is 0 Å². The van der Waals surface area contributed by atoms with Crippen LogP contribution in [-0.4, -0.2) is 15.9 Å². The van der Waals surface area contributed by atoms with Crippen LogP contribution >= 0.6 is 11.6 Å². The van der Waals surface area contributed by atoms with Crippen molar-refractivity contribution in [1.29, 1.82) is 0 Å². The van der Waals surface area contributed by atoms with Crippen molar-refractivity contribution in [2.45, 2.75) is 13.8 Å². The number of nitrogens with one attached hydrogen (secondary N) is 2. The van der Waals surface area contributed by atoms with Gasteiger partial charge in [0.2, 0.25) is 5.95 Å². The molecule has 126 valence electrons. The van der Waals surface area contributed by atoms with E-state index in [1.54, 1.807) is 6.07 Å². The maximum Gasteiger partial charge on any atom is 0.258 e. The molecular formula is C19H17ClN4O. The topological polar surface area (TPSA) is 66.9 Å². The van der Waals surface area contributed by atoms with E-state index in [0.29, 0.717) is 22.2 Å². The Balaban J connectivity index is 1.72. The van der Waals surface area contributed by atoms with Gasteiger partial charge in [0.15, 0.2) is 0 Å². The average molecular weight is 353 g/mol. The molecule has 3 aromatic rings. The maximum atomic E-state index is 12.4. The van der Waals surface area contributed by atoms with Crippen LogP contribution in [0, 0.1) is 13.8 Å². The number of para-hydroxylation sites is 1. The molecule has 2 N–H and O–H groups in total. The predicted octanol–water partition coefficient (Wildman–Crippen LogP) is 4.74. The summed E-state index contributed by atoms with van der Waals surface area (Å²) in [6, 6.07) is 13.2. The van der Waals surface area contributed by atoms with Crippen LogP contribution < -0.4 is 10.6 Å². The number of hydrogen-bond acceptors (Lipinski definition) is 4. The quantitative estimate of drug-likeness (QED) is 0.711. The maximum absolute atomic E-state index is 12.4. The first-order valence-electron chi connectivity index (χ1n) is 7.75. The Kier molecular flexibility index (Phi) is 4.95. The molecule has 3 rings (SSSR count). The van der Waals surface area contributed by atoms with Crippen molar-refractivity contribution in [3.8, 4) is 0 Å². The van der Waals surface area contributed by atoms with Crippen LogP contribution in [0.2, 0.25) is 5.02 Å². The molecule has 1 aromatic heterocycles. The zero-order chi connectivity index (χ0) is 17.8. The van der Waals surface area contributed by atoms with E-state index in [2.05, 4.69) is 20.6 Å². The van der Waals surface area contributed by atoms with E-state index in [-0.39, 0.29) is 5.91 Å². The summed E-state index contributed by atoms with van der Waals surface area (Å²) < 4.78 is 0. The third-order valence-electron chi connectivity index (χ3n) is 3.68. The highest BCUT2D eigenvalue weighted by Gasteiger charge is 2.10. The Labute approximate surface area is 151 Å². The summed E-state index contributed by atoms with van der Waals surface area (Å²) in [6.45, 7) is 3.93. The third-order valence-corrected chi connectivity index (χ3v) is 4.01. The number of halogens is 1. The van der Waals surface area contributed by atoms with Gasteiger partial charge in [-0.15, -0.1) is 0 Å². The second-order valence-corrected chi connectivity index (χ2v) is 6.08. The molecule has 1 amide bonds. The molecular weight excluding hydrogens is 336 g/mol. The van der Waals surface area contributed by atoms with Gasteiger partial charge in [-0.3, -0.25) is 4.79 Å². The lowest BCUT2D eigenvalue weighted by Gasteiger charge is -2.10. The van der Waals surface area contributed by atoms with Crippen LogP contribution in [0.4, 0.5) is 17.3 Å². The summed E-state index contributed by atoms with van der Waals surface area (Å²) in [5.41, 5.74) is 3.94. The Morgan fingerprint density at radius 3 is 2.44 bits per heavy atom. The van der Waals surface area contributed by atoms with Crippen molar-refractivity contribution in [2.24, 2.45) is 0 Å². The van der Waals surface area contributed by atoms with Gasteiger partial charge in [0.1, 0.15) is 0 Å². The Morgan fingerprint density at radius 1 is 1.00 bits per heavy atom. The normalized spacial score (nSPS) is 10.4. The third kappa shape index (κ3) is 4.14. The summed E-state index contributed by atoms with van der Waals surface area (Å²) in [5, 5.41) is 6.48. The van der Waals surface area contributed by atoms with Crippen molar-refractivity contribution in [1.82, 2.24) is 9.97 Å². The second kappa shape index (κ2) is 7.32. The lowest BCUT2D eigenvalue weighted by Crippen LogP contribution is -2.14. The molecule has 25 heavy (non-hydrogen) atoms. The smallest absolute Gasteiger partial charge is 0.258 e. The largest absolute Gasteiger partial charge is 0.323 e. The van der Waals surface area contributed by atoms with Crippen LogP contribution in [0.5, 0.6) is 0 Å². The number of hydrogen-bond donors (Lipinski definition) is 2. The summed E-state index contributed by atoms with van der Waals surface area (Å²) in [7, 11) is 0. The molecule has 6 heteroatoms. The van der Waals surface area contributed by atoms with E-state index < -0.39 is 0 Å². The van der Waals surface area contributed by atoms with Gasteiger partial charge in [-0.05, 0) is 43.2 Å². The Hall–Kier alpha value is -2.92. The number of carbonyl (C=O) groups excluding carboxylic acids is 1. The monoisotopic (exact) mass is 352 g/mol. The molecule has 2 aromatic carbocycles. The van der Waals surface area contributed by atoms with Gasteiger partial charge in [0.25, 0.3) is 5.91 Å². The molecule has 0 spiro atoms. The zero-order valence-electron chi connectivity index (χ0n) is 13.9. The van der Waals surface area contributed by atoms with Gasteiger partial charge in [0.05, 0.1) is 16.3 Å². The molecule has 0 atom stereocenters. The summed E-state index contributed by atoms with van der Waals surface area (Å²) >= 11 is 6.09. The standard InChI is InChI=1S/C19H17ClN4O/c1-12-7-8-13(2)17(9-12)23-18(25)14-10-21-19(22-11-14)24-16-6-4-3-5-15(16)20/h3-11H,1-2H3,(H,23,25)(H,21,22,24). The minimum atomic E-state index is -0.252. The lowest BCUT2D eigenvalue weighted by molar-refractivity contribution is 0.102. The molecule has 0 saturated carbocycles. The Morgan fingerprint density at radius 2 is 1.72 bits per heavy atom.